The summed E-state index contributed by atoms with van der Waals surface area (Å²) in [5, 5.41) is 0. The second-order valence-electron chi connectivity index (χ2n) is 2.19. The Balaban J connectivity index is 2.95. The lowest BCUT2D eigenvalue weighted by Crippen LogP contribution is -1.97. The summed E-state index contributed by atoms with van der Waals surface area (Å²) in [7, 11) is 5.58. The maximum atomic E-state index is 2.79. The first-order valence-corrected chi connectivity index (χ1v) is 3.97. The number of hydrogen-bond donors (Lipinski definition) is 0. The van der Waals surface area contributed by atoms with Gasteiger partial charge in [-0.25, -0.2) is 0 Å². The fraction of sp³-hybridized carbons (Fsp3) is 1.00. The molecule has 0 aliphatic carbocycles. The van der Waals surface area contributed by atoms with E-state index < -0.39 is 0 Å². The summed E-state index contributed by atoms with van der Waals surface area (Å²) in [6, 6.07) is 0. The number of hydrogen-bond acceptors (Lipinski definition) is 0. The molecule has 2 unspecified atom stereocenters. The van der Waals surface area contributed by atoms with E-state index in [1.807, 2.05) is 0 Å². The second-order valence-corrected chi connectivity index (χ2v) is 4.47. The van der Waals surface area contributed by atoms with E-state index in [9.17, 15) is 0 Å². The lowest BCUT2D eigenvalue weighted by Gasteiger charge is -2.05. The summed E-state index contributed by atoms with van der Waals surface area (Å²) in [6.45, 7) is 4.43. The van der Waals surface area contributed by atoms with Crippen LogP contribution in [0.15, 0.2) is 0 Å². The highest BCUT2D eigenvalue weighted by molar-refractivity contribution is 7.18. The molecule has 4 atom stereocenters. The van der Waals surface area contributed by atoms with Crippen molar-refractivity contribution in [1.82, 2.24) is 0 Å². The van der Waals surface area contributed by atoms with Gasteiger partial charge in [0.25, 0.3) is 0 Å². The maximum absolute atomic E-state index is 2.79. The molecule has 7 heavy (non-hydrogen) atoms. The summed E-state index contributed by atoms with van der Waals surface area (Å²) in [6.07, 6.45) is 1.29. The molecule has 0 radical (unpaired) electrons. The van der Waals surface area contributed by atoms with Gasteiger partial charge in [0, 0.05) is 0 Å². The SMILES string of the molecule is C[C@@H](P)C[C@@H](C)P. The summed E-state index contributed by atoms with van der Waals surface area (Å²) in [4.78, 5) is 0. The van der Waals surface area contributed by atoms with E-state index in [1.54, 1.807) is 0 Å². The molecular weight excluding hydrogens is 122 g/mol. The van der Waals surface area contributed by atoms with Crippen LogP contribution in [0.1, 0.15) is 20.3 Å². The summed E-state index contributed by atoms with van der Waals surface area (Å²) in [5.74, 6) is 0. The third-order valence-corrected chi connectivity index (χ3v) is 1.29. The second kappa shape index (κ2) is 3.81. The average Bonchev–Trinajstić information content (AvgIpc) is 1.27. The van der Waals surface area contributed by atoms with Gasteiger partial charge in [0.2, 0.25) is 0 Å². The molecule has 0 N–H and O–H groups in total. The summed E-state index contributed by atoms with van der Waals surface area (Å²) < 4.78 is 0. The molecule has 44 valence electrons. The monoisotopic (exact) mass is 136 g/mol. The van der Waals surface area contributed by atoms with E-state index in [4.69, 9.17) is 0 Å². The molecule has 0 aliphatic heterocycles. The predicted octanol–water partition coefficient (Wildman–Crippen LogP) is 1.90. The van der Waals surface area contributed by atoms with Gasteiger partial charge in [0.1, 0.15) is 0 Å². The van der Waals surface area contributed by atoms with Gasteiger partial charge >= 0.3 is 0 Å². The van der Waals surface area contributed by atoms with Crippen LogP contribution in [0.5, 0.6) is 0 Å². The minimum Gasteiger partial charge on any atom is -0.135 e. The van der Waals surface area contributed by atoms with Crippen LogP contribution in [0.2, 0.25) is 0 Å². The maximum Gasteiger partial charge on any atom is -0.0287 e. The van der Waals surface area contributed by atoms with Gasteiger partial charge in [-0.15, -0.1) is 18.5 Å². The zero-order valence-electron chi connectivity index (χ0n) is 5.02. The molecule has 0 saturated heterocycles. The van der Waals surface area contributed by atoms with Crippen LogP contribution in [-0.2, 0) is 0 Å². The fourth-order valence-electron chi connectivity index (χ4n) is 0.586. The van der Waals surface area contributed by atoms with Crippen molar-refractivity contribution in [3.05, 3.63) is 0 Å². The Labute approximate surface area is 50.9 Å². The predicted molar refractivity (Wildman–Crippen MR) is 43.0 cm³/mol. The molecule has 0 nitrogen and oxygen atoms in total. The Morgan fingerprint density at radius 1 is 1.14 bits per heavy atom. The van der Waals surface area contributed by atoms with Crippen LogP contribution in [0.4, 0.5) is 0 Å². The third kappa shape index (κ3) is 6.86. The zero-order valence-corrected chi connectivity index (χ0v) is 7.33. The minimum absolute atomic E-state index is 0.771. The Morgan fingerprint density at radius 2 is 1.43 bits per heavy atom. The highest BCUT2D eigenvalue weighted by atomic mass is 31.0. The van der Waals surface area contributed by atoms with Crippen molar-refractivity contribution in [3.8, 4) is 0 Å². The first-order chi connectivity index (χ1) is 3.13. The molecular formula is C5H14P2. The molecule has 2 heteroatoms. The van der Waals surface area contributed by atoms with Gasteiger partial charge in [-0.05, 0) is 17.7 Å². The topological polar surface area (TPSA) is 0 Å². The van der Waals surface area contributed by atoms with Crippen LogP contribution < -0.4 is 0 Å². The van der Waals surface area contributed by atoms with E-state index in [2.05, 4.69) is 32.3 Å². The molecule has 0 heterocycles. The van der Waals surface area contributed by atoms with E-state index >= 15 is 0 Å². The van der Waals surface area contributed by atoms with Crippen LogP contribution >= 0.6 is 18.5 Å². The standard InChI is InChI=1S/C5H14P2/c1-4(6)3-5(2)7/h4-5H,3,6-7H2,1-2H3/t4-,5-/m1/s1. The van der Waals surface area contributed by atoms with Gasteiger partial charge in [-0.3, -0.25) is 0 Å². The average molecular weight is 136 g/mol. The molecule has 0 saturated carbocycles. The quantitative estimate of drug-likeness (QED) is 0.508. The van der Waals surface area contributed by atoms with Crippen LogP contribution in [0.25, 0.3) is 0 Å². The Kier molecular flexibility index (Phi) is 4.28. The van der Waals surface area contributed by atoms with Gasteiger partial charge in [0.15, 0.2) is 0 Å². The molecule has 0 fully saturated rings. The van der Waals surface area contributed by atoms with Crippen LogP contribution in [0, 0.1) is 0 Å². The minimum atomic E-state index is 0.771. The Bertz CT molecular complexity index is 35.3. The lowest BCUT2D eigenvalue weighted by molar-refractivity contribution is 0.804. The molecule has 0 aromatic carbocycles. The molecule has 0 bridgehead atoms. The molecule has 0 rings (SSSR count). The summed E-state index contributed by atoms with van der Waals surface area (Å²) >= 11 is 0. The van der Waals surface area contributed by atoms with Crippen molar-refractivity contribution in [2.75, 3.05) is 0 Å². The number of rotatable bonds is 2. The first kappa shape index (κ1) is 7.86. The van der Waals surface area contributed by atoms with Gasteiger partial charge in [-0.2, -0.15) is 0 Å². The van der Waals surface area contributed by atoms with Crippen molar-refractivity contribution in [2.24, 2.45) is 0 Å². The Morgan fingerprint density at radius 3 is 1.43 bits per heavy atom. The highest BCUT2D eigenvalue weighted by Gasteiger charge is 1.95. The first-order valence-electron chi connectivity index (χ1n) is 2.64. The molecule has 0 aromatic rings. The van der Waals surface area contributed by atoms with Gasteiger partial charge in [0.05, 0.1) is 0 Å². The van der Waals surface area contributed by atoms with Crippen LogP contribution in [0.3, 0.4) is 0 Å². The lowest BCUT2D eigenvalue weighted by atomic mass is 10.3. The highest BCUT2D eigenvalue weighted by Crippen LogP contribution is 2.12. The molecule has 0 aromatic heterocycles. The van der Waals surface area contributed by atoms with Gasteiger partial charge in [-0.1, -0.05) is 13.8 Å². The smallest absolute Gasteiger partial charge is 0.0287 e. The van der Waals surface area contributed by atoms with Crippen molar-refractivity contribution in [1.29, 1.82) is 0 Å². The largest absolute Gasteiger partial charge is 0.135 e. The fourth-order valence-corrected chi connectivity index (χ4v) is 1.76. The van der Waals surface area contributed by atoms with Crippen LogP contribution in [-0.4, -0.2) is 11.3 Å². The van der Waals surface area contributed by atoms with Crippen molar-refractivity contribution in [3.63, 3.8) is 0 Å². The molecule has 0 aliphatic rings. The van der Waals surface area contributed by atoms with Gasteiger partial charge < -0.3 is 0 Å². The van der Waals surface area contributed by atoms with E-state index in [0.717, 1.165) is 11.3 Å². The zero-order chi connectivity index (χ0) is 5.86. The van der Waals surface area contributed by atoms with E-state index in [1.165, 1.54) is 6.42 Å². The van der Waals surface area contributed by atoms with E-state index in [-0.39, 0.29) is 0 Å². The van der Waals surface area contributed by atoms with Crippen molar-refractivity contribution in [2.45, 2.75) is 31.6 Å². The molecule has 0 amide bonds. The third-order valence-electron chi connectivity index (χ3n) is 0.744. The van der Waals surface area contributed by atoms with E-state index in [0.29, 0.717) is 0 Å². The Hall–Kier alpha value is 0.860. The van der Waals surface area contributed by atoms with Crippen molar-refractivity contribution >= 4 is 18.5 Å². The summed E-state index contributed by atoms with van der Waals surface area (Å²) in [5.41, 5.74) is 1.54. The molecule has 0 spiro atoms. The normalized spacial score (nSPS) is 18.9. The van der Waals surface area contributed by atoms with Crippen molar-refractivity contribution < 1.29 is 0 Å².